The Morgan fingerprint density at radius 1 is 1.21 bits per heavy atom. The molecular weight excluding hydrogens is 438 g/mol. The van der Waals surface area contributed by atoms with Gasteiger partial charge in [-0.05, 0) is 28.8 Å². The summed E-state index contributed by atoms with van der Waals surface area (Å²) in [6, 6.07) is 12.1. The fraction of sp³-hybridized carbons (Fsp3) is 0.304. The smallest absolute Gasteiger partial charge is 0.311 e. The van der Waals surface area contributed by atoms with E-state index in [1.165, 1.54) is 6.07 Å². The van der Waals surface area contributed by atoms with Crippen LogP contribution in [0.2, 0.25) is 0 Å². The molecule has 1 atom stereocenters. The van der Waals surface area contributed by atoms with Gasteiger partial charge in [0, 0.05) is 35.9 Å². The molecule has 4 rings (SSSR count). The second-order valence-corrected chi connectivity index (χ2v) is 7.83. The molecule has 4 aromatic rings. The molecule has 0 amide bonds. The number of aryl methyl sites for hydroxylation is 1. The van der Waals surface area contributed by atoms with Crippen molar-refractivity contribution in [1.82, 2.24) is 30.6 Å². The van der Waals surface area contributed by atoms with E-state index in [0.29, 0.717) is 11.4 Å². The number of aliphatic hydroxyl groups is 1. The Morgan fingerprint density at radius 2 is 2.03 bits per heavy atom. The summed E-state index contributed by atoms with van der Waals surface area (Å²) in [5, 5.41) is 35.5. The van der Waals surface area contributed by atoms with Crippen molar-refractivity contribution < 1.29 is 14.8 Å². The molecule has 0 bridgehead atoms. The lowest BCUT2D eigenvalue weighted by molar-refractivity contribution is -0.386. The second-order valence-electron chi connectivity index (χ2n) is 7.83. The van der Waals surface area contributed by atoms with Crippen LogP contribution >= 0.6 is 0 Å². The van der Waals surface area contributed by atoms with Gasteiger partial charge >= 0.3 is 5.69 Å². The van der Waals surface area contributed by atoms with Crippen LogP contribution in [0.3, 0.4) is 0 Å². The molecule has 0 aliphatic carbocycles. The highest BCUT2D eigenvalue weighted by Gasteiger charge is 2.22. The zero-order valence-electron chi connectivity index (χ0n) is 18.6. The first kappa shape index (κ1) is 23.1. The van der Waals surface area contributed by atoms with Crippen molar-refractivity contribution in [3.05, 3.63) is 81.4 Å². The van der Waals surface area contributed by atoms with Crippen LogP contribution in [0.25, 0.3) is 11.4 Å². The summed E-state index contributed by atoms with van der Waals surface area (Å²) in [5.41, 5.74) is 2.79. The first-order valence-electron chi connectivity index (χ1n) is 11.0. The molecule has 0 saturated carbocycles. The molecular formula is C23H25N7O4. The van der Waals surface area contributed by atoms with E-state index in [1.807, 2.05) is 24.3 Å². The van der Waals surface area contributed by atoms with Gasteiger partial charge in [-0.15, -0.1) is 10.2 Å². The van der Waals surface area contributed by atoms with Gasteiger partial charge in [0.15, 0.2) is 5.75 Å². The molecule has 0 radical (unpaired) electrons. The van der Waals surface area contributed by atoms with Gasteiger partial charge < -0.3 is 14.8 Å². The number of H-pyrrole nitrogens is 2. The summed E-state index contributed by atoms with van der Waals surface area (Å²) in [6.45, 7) is 2.05. The van der Waals surface area contributed by atoms with E-state index in [-0.39, 0.29) is 24.7 Å². The van der Waals surface area contributed by atoms with Crippen LogP contribution in [0.4, 0.5) is 5.69 Å². The third-order valence-corrected chi connectivity index (χ3v) is 5.51. The standard InChI is InChI=1S/C23H25N7O4/c1-2-3-4-22-24-12-19(25-22)18(13-31)17-9-10-21(20(11-17)30(32)33)34-14-15-5-7-16(8-6-15)23-26-28-29-27-23/h5-12,18,31H,2-4,13-14H2,1H3,(H,24,25)(H,26,27,28,29). The Morgan fingerprint density at radius 3 is 2.71 bits per heavy atom. The molecule has 2 aromatic heterocycles. The summed E-state index contributed by atoms with van der Waals surface area (Å²) < 4.78 is 5.76. The van der Waals surface area contributed by atoms with Crippen molar-refractivity contribution in [3.8, 4) is 17.1 Å². The average molecular weight is 463 g/mol. The minimum absolute atomic E-state index is 0.150. The number of hydrogen-bond acceptors (Lipinski definition) is 8. The highest BCUT2D eigenvalue weighted by molar-refractivity contribution is 5.54. The Balaban J connectivity index is 1.49. The van der Waals surface area contributed by atoms with E-state index >= 15 is 0 Å². The summed E-state index contributed by atoms with van der Waals surface area (Å²) in [4.78, 5) is 18.9. The van der Waals surface area contributed by atoms with Crippen LogP contribution < -0.4 is 4.74 Å². The second kappa shape index (κ2) is 10.7. The van der Waals surface area contributed by atoms with Gasteiger partial charge in [0.25, 0.3) is 0 Å². The number of tetrazole rings is 1. The first-order chi connectivity index (χ1) is 16.6. The quantitative estimate of drug-likeness (QED) is 0.225. The Kier molecular flexibility index (Phi) is 7.23. The summed E-state index contributed by atoms with van der Waals surface area (Å²) in [5.74, 6) is 1.02. The number of nitro benzene ring substituents is 1. The van der Waals surface area contributed by atoms with Crippen LogP contribution in [-0.4, -0.2) is 47.2 Å². The van der Waals surface area contributed by atoms with Crippen molar-refractivity contribution >= 4 is 5.69 Å². The van der Waals surface area contributed by atoms with Crippen LogP contribution in [-0.2, 0) is 13.0 Å². The molecule has 0 saturated heterocycles. The van der Waals surface area contributed by atoms with E-state index in [1.54, 1.807) is 18.3 Å². The van der Waals surface area contributed by atoms with Gasteiger partial charge in [-0.2, -0.15) is 5.21 Å². The summed E-state index contributed by atoms with van der Waals surface area (Å²) in [6.07, 6.45) is 4.56. The Hall–Kier alpha value is -4.12. The Bertz CT molecular complexity index is 1220. The molecule has 3 N–H and O–H groups in total. The number of aromatic nitrogens is 6. The fourth-order valence-electron chi connectivity index (χ4n) is 3.62. The number of nitrogens with one attached hydrogen (secondary N) is 2. The van der Waals surface area contributed by atoms with Crippen molar-refractivity contribution in [2.24, 2.45) is 0 Å². The van der Waals surface area contributed by atoms with Gasteiger partial charge in [-0.25, -0.2) is 4.98 Å². The number of nitro groups is 1. The predicted octanol–water partition coefficient (Wildman–Crippen LogP) is 3.54. The molecule has 2 aromatic carbocycles. The molecule has 34 heavy (non-hydrogen) atoms. The van der Waals surface area contributed by atoms with Gasteiger partial charge in [0.2, 0.25) is 5.82 Å². The number of hydrogen-bond donors (Lipinski definition) is 3. The number of aromatic amines is 2. The van der Waals surface area contributed by atoms with E-state index in [4.69, 9.17) is 4.74 Å². The monoisotopic (exact) mass is 463 g/mol. The molecule has 176 valence electrons. The molecule has 0 aliphatic heterocycles. The lowest BCUT2D eigenvalue weighted by atomic mass is 9.96. The molecule has 1 unspecified atom stereocenters. The number of benzene rings is 2. The van der Waals surface area contributed by atoms with Crippen molar-refractivity contribution in [3.63, 3.8) is 0 Å². The zero-order chi connectivity index (χ0) is 23.9. The summed E-state index contributed by atoms with van der Waals surface area (Å²) in [7, 11) is 0. The minimum atomic E-state index is -0.480. The lowest BCUT2D eigenvalue weighted by Gasteiger charge is -2.14. The number of nitrogens with zero attached hydrogens (tertiary/aromatic N) is 5. The molecule has 11 heteroatoms. The van der Waals surface area contributed by atoms with E-state index in [2.05, 4.69) is 37.5 Å². The topological polar surface area (TPSA) is 156 Å². The molecule has 2 heterocycles. The number of rotatable bonds is 11. The van der Waals surface area contributed by atoms with Crippen molar-refractivity contribution in [2.45, 2.75) is 38.7 Å². The largest absolute Gasteiger partial charge is 0.482 e. The normalized spacial score (nSPS) is 11.9. The van der Waals surface area contributed by atoms with Gasteiger partial charge in [-0.3, -0.25) is 10.1 Å². The maximum absolute atomic E-state index is 11.8. The highest BCUT2D eigenvalue weighted by atomic mass is 16.6. The number of imidazole rings is 1. The van der Waals surface area contributed by atoms with Crippen LogP contribution in [0.5, 0.6) is 5.75 Å². The number of ether oxygens (including phenoxy) is 1. The first-order valence-corrected chi connectivity index (χ1v) is 11.0. The molecule has 11 nitrogen and oxygen atoms in total. The zero-order valence-corrected chi connectivity index (χ0v) is 18.6. The molecule has 0 fully saturated rings. The minimum Gasteiger partial charge on any atom is -0.482 e. The van der Waals surface area contributed by atoms with Crippen molar-refractivity contribution in [2.75, 3.05) is 6.61 Å². The van der Waals surface area contributed by atoms with E-state index < -0.39 is 10.8 Å². The third-order valence-electron chi connectivity index (χ3n) is 5.51. The van der Waals surface area contributed by atoms with E-state index in [0.717, 1.165) is 41.9 Å². The van der Waals surface area contributed by atoms with Gasteiger partial charge in [-0.1, -0.05) is 43.7 Å². The predicted molar refractivity (Wildman–Crippen MR) is 123 cm³/mol. The fourth-order valence-corrected chi connectivity index (χ4v) is 3.62. The van der Waals surface area contributed by atoms with Gasteiger partial charge in [0.05, 0.1) is 11.5 Å². The van der Waals surface area contributed by atoms with Gasteiger partial charge in [0.1, 0.15) is 12.4 Å². The maximum atomic E-state index is 11.8. The number of aliphatic hydroxyl groups excluding tert-OH is 1. The lowest BCUT2D eigenvalue weighted by Crippen LogP contribution is -2.08. The summed E-state index contributed by atoms with van der Waals surface area (Å²) >= 11 is 0. The van der Waals surface area contributed by atoms with E-state index in [9.17, 15) is 15.2 Å². The van der Waals surface area contributed by atoms with Crippen LogP contribution in [0.15, 0.2) is 48.7 Å². The highest BCUT2D eigenvalue weighted by Crippen LogP contribution is 2.33. The van der Waals surface area contributed by atoms with Crippen LogP contribution in [0, 0.1) is 10.1 Å². The van der Waals surface area contributed by atoms with Crippen molar-refractivity contribution in [1.29, 1.82) is 0 Å². The van der Waals surface area contributed by atoms with Crippen LogP contribution in [0.1, 0.15) is 48.3 Å². The molecule has 0 aliphatic rings. The third kappa shape index (κ3) is 5.26. The maximum Gasteiger partial charge on any atom is 0.311 e. The number of unbranched alkanes of at least 4 members (excludes halogenated alkanes) is 1. The average Bonchev–Trinajstić information content (AvgIpc) is 3.55. The Labute approximate surface area is 195 Å². The SMILES string of the molecule is CCCCc1ncc(C(CO)c2ccc(OCc3ccc(-c4nn[nH]n4)cc3)c([N+](=O)[O-])c2)[nH]1. The molecule has 0 spiro atoms.